The monoisotopic (exact) mass is 975 g/mol. The van der Waals surface area contributed by atoms with Crippen LogP contribution >= 0.6 is 11.3 Å². The maximum Gasteiger partial charge on any atom is 0.0797 e. The van der Waals surface area contributed by atoms with Crippen LogP contribution in [0.1, 0.15) is 300 Å². The zero-order valence-corrected chi connectivity index (χ0v) is 51.5. The number of pyridine rings is 1. The van der Waals surface area contributed by atoms with Crippen LogP contribution in [0.5, 0.6) is 0 Å². The molecule has 0 aliphatic rings. The molecule has 0 radical (unpaired) electrons. The Labute approximate surface area is 440 Å². The zero-order chi connectivity index (χ0) is 54.3. The van der Waals surface area contributed by atoms with E-state index in [1.807, 2.05) is 11.7 Å². The predicted octanol–water partition coefficient (Wildman–Crippen LogP) is 22.1. The van der Waals surface area contributed by atoms with Gasteiger partial charge in [0.05, 0.1) is 11.2 Å². The van der Waals surface area contributed by atoms with Gasteiger partial charge in [0, 0.05) is 16.8 Å². The Morgan fingerprint density at radius 3 is 1.16 bits per heavy atom. The van der Waals surface area contributed by atoms with Crippen molar-refractivity contribution in [3.8, 4) is 0 Å². The van der Waals surface area contributed by atoms with Gasteiger partial charge in [-0.25, -0.2) is 4.98 Å². The van der Waals surface area contributed by atoms with Gasteiger partial charge in [-0.3, -0.25) is 4.98 Å². The molecule has 0 spiro atoms. The number of aromatic nitrogens is 2. The van der Waals surface area contributed by atoms with E-state index in [1.165, 1.54) is 67.2 Å². The molecule has 3 aromatic carbocycles. The molecule has 2 heterocycles. The molecule has 0 aliphatic heterocycles. The summed E-state index contributed by atoms with van der Waals surface area (Å²) in [6, 6.07) is 26.3. The number of thiazole rings is 1. The Hall–Kier alpha value is -3.56. The third-order valence-electron chi connectivity index (χ3n) is 12.3. The predicted molar refractivity (Wildman–Crippen MR) is 319 cm³/mol. The van der Waals surface area contributed by atoms with E-state index in [4.69, 9.17) is 0 Å². The van der Waals surface area contributed by atoms with Gasteiger partial charge >= 0.3 is 0 Å². The molecule has 394 valence electrons. The first-order valence-corrected chi connectivity index (χ1v) is 28.4. The minimum Gasteiger partial charge on any atom is -0.261 e. The first-order chi connectivity index (χ1) is 32.3. The molecule has 70 heavy (non-hydrogen) atoms. The molecule has 0 saturated carbocycles. The van der Waals surface area contributed by atoms with Crippen LogP contribution in [0.4, 0.5) is 0 Å². The summed E-state index contributed by atoms with van der Waals surface area (Å²) in [5.41, 5.74) is 18.6. The molecule has 0 N–H and O–H groups in total. The SMILES string of the molecule is CC(C)CC(C)(C)C.CC(C)c1ccccc1C(C)(C)C.CC(C)c1ccccc1C(C)C.CC(C)c1ncsc1C(C)C.CCc1cccc(CC)c1C(C)C.Cc1ccnc(C(C)C)c1C(C)C. The normalized spacial score (nSPS) is 11.5. The molecule has 5 rings (SSSR count). The number of rotatable bonds is 11. The molecule has 0 unspecified atom stereocenters. The molecule has 2 nitrogen and oxygen atoms in total. The van der Waals surface area contributed by atoms with E-state index < -0.39 is 0 Å². The van der Waals surface area contributed by atoms with E-state index in [9.17, 15) is 0 Å². The summed E-state index contributed by atoms with van der Waals surface area (Å²) in [6.07, 6.45) is 5.55. The molecular weight excluding hydrogens is 865 g/mol. The van der Waals surface area contributed by atoms with Crippen LogP contribution in [0.3, 0.4) is 0 Å². The van der Waals surface area contributed by atoms with Crippen LogP contribution in [-0.2, 0) is 18.3 Å². The van der Waals surface area contributed by atoms with Gasteiger partial charge in [0.2, 0.25) is 0 Å². The van der Waals surface area contributed by atoms with Gasteiger partial charge < -0.3 is 0 Å². The molecular formula is C67H110N2S. The minimum absolute atomic E-state index is 0.265. The number of benzene rings is 3. The molecule has 0 bridgehead atoms. The number of aryl methyl sites for hydroxylation is 3. The van der Waals surface area contributed by atoms with Crippen molar-refractivity contribution < 1.29 is 0 Å². The third-order valence-corrected chi connectivity index (χ3v) is 13.5. The van der Waals surface area contributed by atoms with E-state index >= 15 is 0 Å². The fourth-order valence-corrected chi connectivity index (χ4v) is 10.4. The van der Waals surface area contributed by atoms with Crippen LogP contribution in [0, 0.1) is 18.3 Å². The lowest BCUT2D eigenvalue weighted by Crippen LogP contribution is -2.14. The van der Waals surface area contributed by atoms with Gasteiger partial charge in [0.15, 0.2) is 0 Å². The summed E-state index contributed by atoms with van der Waals surface area (Å²) < 4.78 is 0. The molecule has 0 saturated heterocycles. The van der Waals surface area contributed by atoms with Crippen molar-refractivity contribution in [1.29, 1.82) is 0 Å². The van der Waals surface area contributed by atoms with Gasteiger partial charge in [-0.15, -0.1) is 11.3 Å². The Bertz CT molecular complexity index is 2060. The lowest BCUT2D eigenvalue weighted by Gasteiger charge is -2.24. The van der Waals surface area contributed by atoms with E-state index in [-0.39, 0.29) is 5.41 Å². The number of hydrogen-bond acceptors (Lipinski definition) is 3. The van der Waals surface area contributed by atoms with Crippen molar-refractivity contribution in [2.45, 2.75) is 259 Å². The first kappa shape index (κ1) is 66.4. The zero-order valence-electron chi connectivity index (χ0n) is 50.7. The average Bonchev–Trinajstić information content (AvgIpc) is 3.77. The average molecular weight is 976 g/mol. The van der Waals surface area contributed by atoms with Gasteiger partial charge in [-0.05, 0) is 146 Å². The molecule has 0 fully saturated rings. The second-order valence-electron chi connectivity index (χ2n) is 24.6. The van der Waals surface area contributed by atoms with Crippen molar-refractivity contribution in [2.75, 3.05) is 0 Å². The van der Waals surface area contributed by atoms with E-state index in [1.54, 1.807) is 16.9 Å². The molecule has 5 aromatic rings. The fourth-order valence-electron chi connectivity index (χ4n) is 9.43. The van der Waals surface area contributed by atoms with Crippen molar-refractivity contribution in [3.05, 3.63) is 151 Å². The van der Waals surface area contributed by atoms with E-state index in [0.29, 0.717) is 52.8 Å². The van der Waals surface area contributed by atoms with Crippen LogP contribution in [0.15, 0.2) is 84.5 Å². The van der Waals surface area contributed by atoms with Gasteiger partial charge in [0.25, 0.3) is 0 Å². The van der Waals surface area contributed by atoms with Crippen molar-refractivity contribution in [3.63, 3.8) is 0 Å². The first-order valence-electron chi connectivity index (χ1n) is 27.5. The van der Waals surface area contributed by atoms with E-state index in [0.717, 1.165) is 18.8 Å². The Balaban J connectivity index is 0.000000821. The van der Waals surface area contributed by atoms with Crippen molar-refractivity contribution >= 4 is 11.3 Å². The molecule has 0 amide bonds. The number of nitrogens with zero attached hydrogens (tertiary/aromatic N) is 2. The standard InChI is InChI=1S/2C13H20.C12H19N.C12H18.C9H15NS.C8H18/c1-10(2)11-8-6-7-9-12(11)13(3,4)5;1-5-11-8-7-9-12(6-2)13(11)10(3)4;1-8(2)11-10(5)6-7-13-12(11)9(3)4;1-9(2)11-7-5-6-8-12(11)10(3)4;1-6(2)8-9(7(3)4)11-5-10-8;1-7(2)6-8(3,4)5/h6-10H,1-5H3;7-10H,5-6H2,1-4H3;6-9H,1-5H3;5-10H,1-4H3;5-7H,1-4H3;7H,6H2,1-5H3. The molecule has 2 aromatic heterocycles. The summed E-state index contributed by atoms with van der Waals surface area (Å²) in [5, 5.41) is 0. The Morgan fingerprint density at radius 2 is 0.871 bits per heavy atom. The van der Waals surface area contributed by atoms with Crippen molar-refractivity contribution in [1.82, 2.24) is 9.97 Å². The Morgan fingerprint density at radius 1 is 0.443 bits per heavy atom. The van der Waals surface area contributed by atoms with Crippen LogP contribution in [0.2, 0.25) is 0 Å². The lowest BCUT2D eigenvalue weighted by molar-refractivity contribution is 0.320. The Kier molecular flexibility index (Phi) is 30.8. The topological polar surface area (TPSA) is 25.8 Å². The summed E-state index contributed by atoms with van der Waals surface area (Å²) in [7, 11) is 0. The lowest BCUT2D eigenvalue weighted by atomic mass is 9.81. The molecule has 3 heteroatoms. The molecule has 0 atom stereocenters. The second-order valence-corrected chi connectivity index (χ2v) is 25.5. The highest BCUT2D eigenvalue weighted by Crippen LogP contribution is 2.32. The summed E-state index contributed by atoms with van der Waals surface area (Å²) >= 11 is 1.77. The van der Waals surface area contributed by atoms with Crippen LogP contribution in [0.25, 0.3) is 0 Å². The highest BCUT2D eigenvalue weighted by molar-refractivity contribution is 7.09. The van der Waals surface area contributed by atoms with Crippen LogP contribution < -0.4 is 0 Å². The highest BCUT2D eigenvalue weighted by Gasteiger charge is 2.19. The largest absolute Gasteiger partial charge is 0.261 e. The maximum atomic E-state index is 4.46. The van der Waals surface area contributed by atoms with Crippen molar-refractivity contribution in [2.24, 2.45) is 11.3 Å². The van der Waals surface area contributed by atoms with E-state index in [2.05, 4.69) is 270 Å². The third kappa shape index (κ3) is 24.2. The highest BCUT2D eigenvalue weighted by atomic mass is 32.1. The molecule has 0 aliphatic carbocycles. The number of hydrogen-bond donors (Lipinski definition) is 0. The van der Waals surface area contributed by atoms with Gasteiger partial charge in [-0.1, -0.05) is 247 Å². The smallest absolute Gasteiger partial charge is 0.0797 e. The second kappa shape index (κ2) is 32.5. The van der Waals surface area contributed by atoms with Crippen LogP contribution in [-0.4, -0.2) is 9.97 Å². The summed E-state index contributed by atoms with van der Waals surface area (Å²) in [6.45, 7) is 60.6. The minimum atomic E-state index is 0.265. The summed E-state index contributed by atoms with van der Waals surface area (Å²) in [4.78, 5) is 10.3. The fraction of sp³-hybridized carbons (Fsp3) is 0.612. The van der Waals surface area contributed by atoms with Gasteiger partial charge in [-0.2, -0.15) is 0 Å². The maximum absolute atomic E-state index is 4.46. The quantitative estimate of drug-likeness (QED) is 0.132. The van der Waals surface area contributed by atoms with Gasteiger partial charge in [0.1, 0.15) is 0 Å². The summed E-state index contributed by atoms with van der Waals surface area (Å²) in [5.74, 6) is 5.70.